The molecule has 0 aliphatic rings. The van der Waals surface area contributed by atoms with Gasteiger partial charge in [-0.1, -0.05) is 32.0 Å². The minimum Gasteiger partial charge on any atom is -0.367 e. The average molecular weight is 399 g/mol. The number of hydrogen-bond acceptors (Lipinski definition) is 4. The van der Waals surface area contributed by atoms with Crippen LogP contribution in [0.2, 0.25) is 0 Å². The minimum atomic E-state index is 0.295. The second-order valence-corrected chi connectivity index (χ2v) is 7.17. The molecule has 6 nitrogen and oxygen atoms in total. The van der Waals surface area contributed by atoms with E-state index in [2.05, 4.69) is 79.7 Å². The highest BCUT2D eigenvalue weighted by atomic mass is 79.9. The summed E-state index contributed by atoms with van der Waals surface area (Å²) in [6.45, 7) is 4.98. The summed E-state index contributed by atoms with van der Waals surface area (Å²) in [7, 11) is 0. The van der Waals surface area contributed by atoms with Crippen molar-refractivity contribution in [3.63, 3.8) is 0 Å². The molecule has 128 valence electrons. The predicted octanol–water partition coefficient (Wildman–Crippen LogP) is 4.15. The molecule has 3 aromatic heterocycles. The number of rotatable bonds is 5. The first-order valence-electron chi connectivity index (χ1n) is 8.33. The van der Waals surface area contributed by atoms with Gasteiger partial charge < -0.3 is 10.3 Å². The monoisotopic (exact) mass is 398 g/mol. The van der Waals surface area contributed by atoms with Gasteiger partial charge in [-0.15, -0.1) is 10.2 Å². The number of para-hydroxylation sites is 1. The number of fused-ring (bicyclic) bond motifs is 2. The van der Waals surface area contributed by atoms with Gasteiger partial charge in [-0.25, -0.2) is 4.98 Å². The molecular formula is C18H19BrN6. The highest BCUT2D eigenvalue weighted by Crippen LogP contribution is 2.22. The zero-order valence-electron chi connectivity index (χ0n) is 14.1. The van der Waals surface area contributed by atoms with Crippen LogP contribution in [-0.4, -0.2) is 31.1 Å². The van der Waals surface area contributed by atoms with Gasteiger partial charge in [0.2, 0.25) is 5.65 Å². The second-order valence-electron chi connectivity index (χ2n) is 6.36. The van der Waals surface area contributed by atoms with E-state index in [4.69, 9.17) is 0 Å². The van der Waals surface area contributed by atoms with E-state index >= 15 is 0 Å². The Kier molecular flexibility index (Phi) is 4.17. The molecule has 0 unspecified atom stereocenters. The van der Waals surface area contributed by atoms with Crippen LogP contribution in [0.5, 0.6) is 0 Å². The van der Waals surface area contributed by atoms with Gasteiger partial charge in [-0.05, 0) is 34.0 Å². The van der Waals surface area contributed by atoms with Crippen LogP contribution in [0.3, 0.4) is 0 Å². The first-order valence-corrected chi connectivity index (χ1v) is 9.13. The van der Waals surface area contributed by atoms with Gasteiger partial charge in [-0.2, -0.15) is 0 Å². The number of H-pyrrole nitrogens is 1. The third-order valence-corrected chi connectivity index (χ3v) is 4.65. The molecule has 3 heterocycles. The van der Waals surface area contributed by atoms with Crippen LogP contribution in [-0.2, 0) is 6.42 Å². The van der Waals surface area contributed by atoms with E-state index in [9.17, 15) is 0 Å². The number of hydrogen-bond donors (Lipinski definition) is 2. The van der Waals surface area contributed by atoms with Gasteiger partial charge in [0, 0.05) is 35.8 Å². The number of aromatic amines is 1. The highest BCUT2D eigenvalue weighted by molar-refractivity contribution is 9.10. The van der Waals surface area contributed by atoms with Gasteiger partial charge >= 0.3 is 0 Å². The van der Waals surface area contributed by atoms with Gasteiger partial charge in [0.25, 0.3) is 0 Å². The van der Waals surface area contributed by atoms with Crippen LogP contribution in [0.4, 0.5) is 5.82 Å². The maximum Gasteiger partial charge on any atom is 0.203 e. The fourth-order valence-electron chi connectivity index (χ4n) is 3.05. The molecule has 0 saturated carbocycles. The Labute approximate surface area is 153 Å². The fourth-order valence-corrected chi connectivity index (χ4v) is 3.43. The quantitative estimate of drug-likeness (QED) is 0.529. The van der Waals surface area contributed by atoms with E-state index in [0.717, 1.165) is 34.9 Å². The second kappa shape index (κ2) is 6.48. The molecule has 7 heteroatoms. The Morgan fingerprint density at radius 3 is 2.92 bits per heavy atom. The predicted molar refractivity (Wildman–Crippen MR) is 103 cm³/mol. The Balaban J connectivity index is 1.57. The molecule has 2 N–H and O–H groups in total. The minimum absolute atomic E-state index is 0.295. The Bertz CT molecular complexity index is 1030. The third kappa shape index (κ3) is 3.00. The fraction of sp³-hybridized carbons (Fsp3) is 0.278. The van der Waals surface area contributed by atoms with Crippen molar-refractivity contribution in [2.45, 2.75) is 26.2 Å². The number of benzene rings is 1. The number of aromatic nitrogens is 5. The van der Waals surface area contributed by atoms with E-state index in [1.807, 2.05) is 16.7 Å². The van der Waals surface area contributed by atoms with Crippen molar-refractivity contribution in [1.82, 2.24) is 24.6 Å². The SMILES string of the molecule is CC(C)c1nnc2c(NCCc3c[nH]c4ccccc34)nc(Br)cn12. The molecule has 0 bridgehead atoms. The third-order valence-electron chi connectivity index (χ3n) is 4.27. The summed E-state index contributed by atoms with van der Waals surface area (Å²) in [5.41, 5.74) is 3.21. The van der Waals surface area contributed by atoms with Crippen LogP contribution >= 0.6 is 15.9 Å². The molecule has 4 aromatic rings. The van der Waals surface area contributed by atoms with Crippen molar-refractivity contribution in [1.29, 1.82) is 0 Å². The van der Waals surface area contributed by atoms with Crippen LogP contribution < -0.4 is 5.32 Å². The molecule has 0 amide bonds. The lowest BCUT2D eigenvalue weighted by Gasteiger charge is -2.08. The first kappa shape index (κ1) is 16.1. The van der Waals surface area contributed by atoms with Crippen molar-refractivity contribution in [3.8, 4) is 0 Å². The van der Waals surface area contributed by atoms with E-state index in [1.54, 1.807) is 0 Å². The lowest BCUT2D eigenvalue weighted by atomic mass is 10.1. The normalized spacial score (nSPS) is 11.7. The van der Waals surface area contributed by atoms with Gasteiger partial charge in [-0.3, -0.25) is 4.40 Å². The maximum absolute atomic E-state index is 4.53. The number of nitrogens with zero attached hydrogens (tertiary/aromatic N) is 4. The average Bonchev–Trinajstić information content (AvgIpc) is 3.19. The molecule has 0 radical (unpaired) electrons. The lowest BCUT2D eigenvalue weighted by Crippen LogP contribution is -2.08. The number of anilines is 1. The summed E-state index contributed by atoms with van der Waals surface area (Å²) in [4.78, 5) is 7.84. The van der Waals surface area contributed by atoms with Crippen LogP contribution in [0, 0.1) is 0 Å². The largest absolute Gasteiger partial charge is 0.367 e. The summed E-state index contributed by atoms with van der Waals surface area (Å²) in [6, 6.07) is 8.34. The number of nitrogens with one attached hydrogen (secondary N) is 2. The summed E-state index contributed by atoms with van der Waals surface area (Å²) < 4.78 is 2.76. The summed E-state index contributed by atoms with van der Waals surface area (Å²) in [5, 5.41) is 13.3. The molecule has 0 aliphatic carbocycles. The van der Waals surface area contributed by atoms with Crippen molar-refractivity contribution in [2.75, 3.05) is 11.9 Å². The first-order chi connectivity index (χ1) is 12.1. The van der Waals surface area contributed by atoms with Crippen LogP contribution in [0.15, 0.2) is 41.3 Å². The van der Waals surface area contributed by atoms with Crippen molar-refractivity contribution in [2.24, 2.45) is 0 Å². The molecule has 0 atom stereocenters. The summed E-state index contributed by atoms with van der Waals surface area (Å²) >= 11 is 3.48. The Morgan fingerprint density at radius 1 is 1.24 bits per heavy atom. The zero-order valence-corrected chi connectivity index (χ0v) is 15.7. The lowest BCUT2D eigenvalue weighted by molar-refractivity contribution is 0.757. The highest BCUT2D eigenvalue weighted by Gasteiger charge is 2.14. The molecule has 4 rings (SSSR count). The summed E-state index contributed by atoms with van der Waals surface area (Å²) in [5.74, 6) is 1.97. The van der Waals surface area contributed by atoms with Crippen LogP contribution in [0.1, 0.15) is 31.2 Å². The smallest absolute Gasteiger partial charge is 0.203 e. The van der Waals surface area contributed by atoms with Crippen molar-refractivity contribution in [3.05, 3.63) is 52.7 Å². The van der Waals surface area contributed by atoms with Crippen LogP contribution in [0.25, 0.3) is 16.6 Å². The molecule has 0 saturated heterocycles. The molecule has 0 spiro atoms. The van der Waals surface area contributed by atoms with Gasteiger partial charge in [0.05, 0.1) is 0 Å². The Morgan fingerprint density at radius 2 is 2.08 bits per heavy atom. The van der Waals surface area contributed by atoms with Gasteiger partial charge in [0.1, 0.15) is 10.4 Å². The topological polar surface area (TPSA) is 70.9 Å². The van der Waals surface area contributed by atoms with E-state index in [0.29, 0.717) is 5.92 Å². The molecule has 0 fully saturated rings. The Hall–Kier alpha value is -2.41. The van der Waals surface area contributed by atoms with E-state index in [-0.39, 0.29) is 0 Å². The number of halogens is 1. The maximum atomic E-state index is 4.53. The zero-order chi connectivity index (χ0) is 17.4. The molecular weight excluding hydrogens is 380 g/mol. The van der Waals surface area contributed by atoms with E-state index in [1.165, 1.54) is 16.5 Å². The van der Waals surface area contributed by atoms with Crippen molar-refractivity contribution >= 4 is 38.3 Å². The van der Waals surface area contributed by atoms with E-state index < -0.39 is 0 Å². The van der Waals surface area contributed by atoms with Gasteiger partial charge in [0.15, 0.2) is 5.82 Å². The molecule has 1 aromatic carbocycles. The standard InChI is InChI=1S/C18H19BrN6/c1-11(2)17-23-24-18-16(22-15(19)10-25(17)18)20-8-7-12-9-21-14-6-4-3-5-13(12)14/h3-6,9-11,21H,7-8H2,1-2H3,(H,20,22). The van der Waals surface area contributed by atoms with Crippen molar-refractivity contribution < 1.29 is 0 Å². The summed E-state index contributed by atoms with van der Waals surface area (Å²) in [6.07, 6.45) is 4.88. The molecule has 25 heavy (non-hydrogen) atoms. The molecule has 0 aliphatic heterocycles.